The van der Waals surface area contributed by atoms with Crippen molar-refractivity contribution in [2.24, 2.45) is 5.73 Å². The van der Waals surface area contributed by atoms with Crippen molar-refractivity contribution in [3.05, 3.63) is 68.0 Å². The van der Waals surface area contributed by atoms with Crippen LogP contribution in [0.2, 0.25) is 10.0 Å². The molecule has 0 saturated heterocycles. The molecule has 0 bridgehead atoms. The lowest BCUT2D eigenvalue weighted by molar-refractivity contribution is -0.116. The topological polar surface area (TPSA) is 76.1 Å². The summed E-state index contributed by atoms with van der Waals surface area (Å²) in [6.07, 6.45) is 1.84. The van der Waals surface area contributed by atoms with Crippen molar-refractivity contribution >= 4 is 40.3 Å². The Kier molecular flexibility index (Phi) is 4.73. The van der Waals surface area contributed by atoms with Crippen molar-refractivity contribution in [3.63, 3.8) is 0 Å². The van der Waals surface area contributed by atoms with Gasteiger partial charge >= 0.3 is 0 Å². The first-order valence-corrected chi connectivity index (χ1v) is 9.96. The molecule has 2 aromatic rings. The fourth-order valence-electron chi connectivity index (χ4n) is 3.48. The van der Waals surface area contributed by atoms with E-state index in [4.69, 9.17) is 33.7 Å². The van der Waals surface area contributed by atoms with Gasteiger partial charge in [-0.1, -0.05) is 29.3 Å². The van der Waals surface area contributed by atoms with Gasteiger partial charge in [-0.25, -0.2) is 0 Å². The number of carbonyl (C=O) groups is 1. The van der Waals surface area contributed by atoms with Crippen LogP contribution in [0.4, 0.5) is 0 Å². The predicted molar refractivity (Wildman–Crippen MR) is 106 cm³/mol. The van der Waals surface area contributed by atoms with Crippen LogP contribution in [-0.2, 0) is 9.53 Å². The average Bonchev–Trinajstić information content (AvgIpc) is 3.10. The summed E-state index contributed by atoms with van der Waals surface area (Å²) in [6, 6.07) is 11.3. The van der Waals surface area contributed by atoms with Gasteiger partial charge in [0, 0.05) is 38.8 Å². The molecule has 7 heteroatoms. The number of nitrogens with zero attached hydrogens (tertiary/aromatic N) is 1. The van der Waals surface area contributed by atoms with E-state index < -0.39 is 5.92 Å². The molecule has 2 heterocycles. The molecule has 0 radical (unpaired) electrons. The minimum atomic E-state index is -0.489. The second-order valence-electron chi connectivity index (χ2n) is 6.36. The maximum Gasteiger partial charge on any atom is 0.205 e. The Hall–Kier alpha value is -2.26. The summed E-state index contributed by atoms with van der Waals surface area (Å²) in [6.45, 7) is 0. The summed E-state index contributed by atoms with van der Waals surface area (Å²) in [5.41, 5.74) is 7.67. The van der Waals surface area contributed by atoms with E-state index in [-0.39, 0.29) is 17.2 Å². The molecule has 0 saturated carbocycles. The minimum Gasteiger partial charge on any atom is -0.444 e. The summed E-state index contributed by atoms with van der Waals surface area (Å²) in [4.78, 5) is 14.4. The lowest BCUT2D eigenvalue weighted by Crippen LogP contribution is -2.26. The van der Waals surface area contributed by atoms with Crippen LogP contribution in [-0.4, -0.2) is 5.78 Å². The zero-order valence-electron chi connectivity index (χ0n) is 14.1. The van der Waals surface area contributed by atoms with Crippen LogP contribution in [0, 0.1) is 11.3 Å². The molecule has 1 atom stereocenters. The van der Waals surface area contributed by atoms with E-state index in [0.717, 1.165) is 21.7 Å². The van der Waals surface area contributed by atoms with Crippen molar-refractivity contribution in [2.45, 2.75) is 25.2 Å². The van der Waals surface area contributed by atoms with E-state index in [1.54, 1.807) is 12.1 Å². The lowest BCUT2D eigenvalue weighted by Gasteiger charge is -2.30. The van der Waals surface area contributed by atoms with Gasteiger partial charge in [-0.05, 0) is 30.7 Å². The smallest absolute Gasteiger partial charge is 0.205 e. The van der Waals surface area contributed by atoms with Gasteiger partial charge in [0.25, 0.3) is 0 Å². The first-order valence-electron chi connectivity index (χ1n) is 8.38. The summed E-state index contributed by atoms with van der Waals surface area (Å²) in [5.74, 6) is 0.194. The van der Waals surface area contributed by atoms with Crippen LogP contribution in [0.15, 0.2) is 53.1 Å². The molecule has 1 aromatic carbocycles. The van der Waals surface area contributed by atoms with E-state index in [2.05, 4.69) is 6.07 Å². The first-order chi connectivity index (χ1) is 13.0. The number of Topliss-reactive ketones (excluding diaryl/α,β-unsaturated/α-hetero) is 1. The Morgan fingerprint density at radius 3 is 2.78 bits per heavy atom. The monoisotopic (exact) mass is 416 g/mol. The van der Waals surface area contributed by atoms with Gasteiger partial charge in [0.2, 0.25) is 5.88 Å². The maximum atomic E-state index is 12.6. The number of allylic oxidation sites excluding steroid dienone is 3. The third-order valence-corrected chi connectivity index (χ3v) is 6.44. The van der Waals surface area contributed by atoms with E-state index in [0.29, 0.717) is 34.2 Å². The Bertz CT molecular complexity index is 1060. The van der Waals surface area contributed by atoms with Crippen molar-refractivity contribution in [3.8, 4) is 16.5 Å². The largest absolute Gasteiger partial charge is 0.444 e. The number of ketones is 1. The fraction of sp³-hybridized carbons (Fsp3) is 0.200. The SMILES string of the molecule is N#CC1=C(N)OC2=C(C(=O)CCC2)[C@H]1c1ccc(-c2ccc(Cl)cc2Cl)s1. The number of halogens is 2. The number of hydrogen-bond acceptors (Lipinski definition) is 5. The maximum absolute atomic E-state index is 12.6. The molecule has 1 aromatic heterocycles. The fourth-order valence-corrected chi connectivity index (χ4v) is 5.22. The highest BCUT2D eigenvalue weighted by atomic mass is 35.5. The van der Waals surface area contributed by atoms with Gasteiger partial charge in [-0.3, -0.25) is 4.79 Å². The Labute approximate surface area is 170 Å². The van der Waals surface area contributed by atoms with E-state index in [1.165, 1.54) is 11.3 Å². The van der Waals surface area contributed by atoms with Gasteiger partial charge in [0.05, 0.1) is 10.9 Å². The molecule has 0 unspecified atom stereocenters. The molecular formula is C20H14Cl2N2O2S. The second-order valence-corrected chi connectivity index (χ2v) is 8.32. The van der Waals surface area contributed by atoms with Crippen LogP contribution in [0.25, 0.3) is 10.4 Å². The molecule has 136 valence electrons. The number of rotatable bonds is 2. The van der Waals surface area contributed by atoms with Crippen LogP contribution in [0.3, 0.4) is 0 Å². The Morgan fingerprint density at radius 1 is 1.22 bits per heavy atom. The predicted octanol–water partition coefficient (Wildman–Crippen LogP) is 5.54. The molecule has 0 fully saturated rings. The molecule has 4 rings (SSSR count). The van der Waals surface area contributed by atoms with Crippen LogP contribution >= 0.6 is 34.5 Å². The first kappa shape index (κ1) is 18.1. The summed E-state index contributed by atoms with van der Waals surface area (Å²) >= 11 is 13.8. The zero-order chi connectivity index (χ0) is 19.1. The number of hydrogen-bond donors (Lipinski definition) is 1. The van der Waals surface area contributed by atoms with Crippen molar-refractivity contribution in [2.75, 3.05) is 0 Å². The average molecular weight is 417 g/mol. The van der Waals surface area contributed by atoms with E-state index in [9.17, 15) is 10.1 Å². The van der Waals surface area contributed by atoms with Gasteiger partial charge in [-0.15, -0.1) is 11.3 Å². The lowest BCUT2D eigenvalue weighted by atomic mass is 9.80. The van der Waals surface area contributed by atoms with Crippen molar-refractivity contribution in [1.29, 1.82) is 5.26 Å². The number of nitrogens with two attached hydrogens (primary N) is 1. The molecule has 27 heavy (non-hydrogen) atoms. The standard InChI is InChI=1S/C20H14Cl2N2O2S/c21-10-4-5-11(13(22)8-10)16-6-7-17(27-16)18-12(9-23)20(24)26-15-3-1-2-14(25)19(15)18/h4-8,18H,1-3,24H2/t18-/m1/s1. The molecule has 4 nitrogen and oxygen atoms in total. The molecule has 0 spiro atoms. The summed E-state index contributed by atoms with van der Waals surface area (Å²) in [5, 5.41) is 10.7. The Balaban J connectivity index is 1.82. The molecule has 1 aliphatic heterocycles. The van der Waals surface area contributed by atoms with Gasteiger partial charge in [0.1, 0.15) is 17.4 Å². The normalized spacial score (nSPS) is 19.6. The number of carbonyl (C=O) groups excluding carboxylic acids is 1. The van der Waals surface area contributed by atoms with E-state index >= 15 is 0 Å². The molecule has 1 aliphatic carbocycles. The van der Waals surface area contributed by atoms with Crippen LogP contribution < -0.4 is 5.73 Å². The van der Waals surface area contributed by atoms with E-state index in [1.807, 2.05) is 18.2 Å². The molecule has 2 aliphatic rings. The summed E-state index contributed by atoms with van der Waals surface area (Å²) in [7, 11) is 0. The number of ether oxygens (including phenoxy) is 1. The number of nitriles is 1. The van der Waals surface area contributed by atoms with Crippen molar-refractivity contribution < 1.29 is 9.53 Å². The van der Waals surface area contributed by atoms with Gasteiger partial charge in [-0.2, -0.15) is 5.26 Å². The highest BCUT2D eigenvalue weighted by molar-refractivity contribution is 7.15. The zero-order valence-corrected chi connectivity index (χ0v) is 16.4. The highest BCUT2D eigenvalue weighted by Gasteiger charge is 2.38. The summed E-state index contributed by atoms with van der Waals surface area (Å²) < 4.78 is 5.60. The minimum absolute atomic E-state index is 0.0148. The van der Waals surface area contributed by atoms with Crippen LogP contribution in [0.1, 0.15) is 30.1 Å². The van der Waals surface area contributed by atoms with Gasteiger partial charge < -0.3 is 10.5 Å². The molecule has 0 amide bonds. The quantitative estimate of drug-likeness (QED) is 0.697. The molecule has 2 N–H and O–H groups in total. The van der Waals surface area contributed by atoms with Crippen molar-refractivity contribution in [1.82, 2.24) is 0 Å². The molecular weight excluding hydrogens is 403 g/mol. The number of benzene rings is 1. The third-order valence-electron chi connectivity index (χ3n) is 4.71. The van der Waals surface area contributed by atoms with Gasteiger partial charge in [0.15, 0.2) is 5.78 Å². The Morgan fingerprint density at radius 2 is 2.04 bits per heavy atom. The second kappa shape index (κ2) is 7.05. The third kappa shape index (κ3) is 3.14. The highest BCUT2D eigenvalue weighted by Crippen LogP contribution is 2.47. The van der Waals surface area contributed by atoms with Crippen LogP contribution in [0.5, 0.6) is 0 Å². The number of thiophene rings is 1.